The number of carbonyl (C=O) groups excluding carboxylic acids is 1. The van der Waals surface area contributed by atoms with Crippen LogP contribution in [-0.4, -0.2) is 37.1 Å². The van der Waals surface area contributed by atoms with Crippen molar-refractivity contribution in [3.63, 3.8) is 0 Å². The van der Waals surface area contributed by atoms with Crippen LogP contribution >= 0.6 is 0 Å². The summed E-state index contributed by atoms with van der Waals surface area (Å²) in [6.07, 6.45) is 7.07. The van der Waals surface area contributed by atoms with E-state index in [2.05, 4.69) is 25.3 Å². The molecule has 0 saturated heterocycles. The van der Waals surface area contributed by atoms with Gasteiger partial charge in [0, 0.05) is 5.57 Å². The van der Waals surface area contributed by atoms with E-state index in [0.717, 1.165) is 19.4 Å². The lowest BCUT2D eigenvalue weighted by Crippen LogP contribution is -2.27. The quantitative estimate of drug-likeness (QED) is 0.307. The zero-order valence-electron chi connectivity index (χ0n) is 13.0. The van der Waals surface area contributed by atoms with Gasteiger partial charge in [-0.25, -0.2) is 4.79 Å². The highest BCUT2D eigenvalue weighted by Gasteiger charge is 2.05. The van der Waals surface area contributed by atoms with Crippen LogP contribution in [0.1, 0.15) is 59.3 Å². The van der Waals surface area contributed by atoms with Crippen molar-refractivity contribution < 1.29 is 9.53 Å². The van der Waals surface area contributed by atoms with Gasteiger partial charge in [0.2, 0.25) is 0 Å². The number of carbonyl (C=O) groups is 1. The third-order valence-corrected chi connectivity index (χ3v) is 3.11. The van der Waals surface area contributed by atoms with Crippen LogP contribution in [-0.2, 0) is 9.53 Å². The first-order valence-electron chi connectivity index (χ1n) is 7.66. The molecular weight excluding hydrogens is 238 g/mol. The van der Waals surface area contributed by atoms with E-state index in [1.807, 2.05) is 0 Å². The zero-order valence-corrected chi connectivity index (χ0v) is 13.0. The smallest absolute Gasteiger partial charge is 0.333 e. The minimum Gasteiger partial charge on any atom is -0.462 e. The molecule has 0 aromatic rings. The lowest BCUT2D eigenvalue weighted by atomic mass is 10.2. The Morgan fingerprint density at radius 1 is 1.00 bits per heavy atom. The maximum atomic E-state index is 11.2. The molecule has 0 amide bonds. The van der Waals surface area contributed by atoms with E-state index in [1.165, 1.54) is 38.8 Å². The van der Waals surface area contributed by atoms with Crippen molar-refractivity contribution in [1.29, 1.82) is 0 Å². The summed E-state index contributed by atoms with van der Waals surface area (Å²) >= 11 is 0. The molecule has 0 aromatic heterocycles. The van der Waals surface area contributed by atoms with Crippen LogP contribution < -0.4 is 0 Å². The first kappa shape index (κ1) is 18.2. The molecule has 0 bridgehead atoms. The van der Waals surface area contributed by atoms with Gasteiger partial charge in [0.15, 0.2) is 0 Å². The van der Waals surface area contributed by atoms with E-state index in [9.17, 15) is 4.79 Å². The summed E-state index contributed by atoms with van der Waals surface area (Å²) in [7, 11) is 0. The molecule has 0 unspecified atom stereocenters. The van der Waals surface area contributed by atoms with Gasteiger partial charge in [-0.3, -0.25) is 0 Å². The molecule has 0 aromatic carbocycles. The van der Waals surface area contributed by atoms with Crippen LogP contribution in [0.5, 0.6) is 0 Å². The van der Waals surface area contributed by atoms with Crippen LogP contribution in [0.25, 0.3) is 0 Å². The highest BCUT2D eigenvalue weighted by molar-refractivity contribution is 5.86. The van der Waals surface area contributed by atoms with E-state index in [0.29, 0.717) is 12.2 Å². The van der Waals surface area contributed by atoms with E-state index in [-0.39, 0.29) is 5.97 Å². The molecule has 0 aliphatic carbocycles. The van der Waals surface area contributed by atoms with Crippen LogP contribution in [0.3, 0.4) is 0 Å². The fraction of sp³-hybridized carbons (Fsp3) is 0.812. The van der Waals surface area contributed by atoms with Gasteiger partial charge in [-0.05, 0) is 52.2 Å². The van der Waals surface area contributed by atoms with Crippen LogP contribution in [0.2, 0.25) is 0 Å². The standard InChI is InChI=1S/C16H31NO2/c1-5-7-11-17(12-8-6-2)13-9-10-14-19-16(18)15(3)4/h3,5-14H2,1-2,4H3. The molecule has 3 nitrogen and oxygen atoms in total. The van der Waals surface area contributed by atoms with Gasteiger partial charge >= 0.3 is 5.97 Å². The van der Waals surface area contributed by atoms with Crippen molar-refractivity contribution in [1.82, 2.24) is 4.90 Å². The topological polar surface area (TPSA) is 29.5 Å². The van der Waals surface area contributed by atoms with E-state index >= 15 is 0 Å². The molecule has 0 aliphatic rings. The molecule has 0 atom stereocenters. The third-order valence-electron chi connectivity index (χ3n) is 3.11. The number of hydrogen-bond donors (Lipinski definition) is 0. The van der Waals surface area contributed by atoms with Crippen LogP contribution in [0, 0.1) is 0 Å². The first-order chi connectivity index (χ1) is 9.11. The van der Waals surface area contributed by atoms with Gasteiger partial charge in [-0.1, -0.05) is 33.3 Å². The third kappa shape index (κ3) is 10.8. The number of nitrogens with zero attached hydrogens (tertiary/aromatic N) is 1. The van der Waals surface area contributed by atoms with E-state index in [4.69, 9.17) is 4.74 Å². The number of rotatable bonds is 12. The van der Waals surface area contributed by atoms with Gasteiger partial charge in [0.05, 0.1) is 6.61 Å². The fourth-order valence-corrected chi connectivity index (χ4v) is 1.82. The Kier molecular flexibility index (Phi) is 11.7. The number of esters is 1. The first-order valence-corrected chi connectivity index (χ1v) is 7.66. The lowest BCUT2D eigenvalue weighted by Gasteiger charge is -2.21. The number of unbranched alkanes of at least 4 members (excludes halogenated alkanes) is 3. The normalized spacial score (nSPS) is 10.7. The second kappa shape index (κ2) is 12.2. The molecule has 0 saturated carbocycles. The second-order valence-corrected chi connectivity index (χ2v) is 5.17. The molecule has 112 valence electrons. The van der Waals surface area contributed by atoms with Gasteiger partial charge in [0.1, 0.15) is 0 Å². The summed E-state index contributed by atoms with van der Waals surface area (Å²) in [5.74, 6) is -0.270. The highest BCUT2D eigenvalue weighted by Crippen LogP contribution is 2.03. The van der Waals surface area contributed by atoms with Crippen LogP contribution in [0.4, 0.5) is 0 Å². The molecule has 0 aliphatic heterocycles. The summed E-state index contributed by atoms with van der Waals surface area (Å²) in [6.45, 7) is 13.7. The Morgan fingerprint density at radius 2 is 1.53 bits per heavy atom. The minimum atomic E-state index is -0.270. The monoisotopic (exact) mass is 269 g/mol. The van der Waals surface area contributed by atoms with Crippen molar-refractivity contribution in [3.05, 3.63) is 12.2 Å². The fourth-order valence-electron chi connectivity index (χ4n) is 1.82. The number of hydrogen-bond acceptors (Lipinski definition) is 3. The summed E-state index contributed by atoms with van der Waals surface area (Å²) in [5, 5.41) is 0. The van der Waals surface area contributed by atoms with Gasteiger partial charge in [-0.15, -0.1) is 0 Å². The molecule has 0 spiro atoms. The molecule has 0 fully saturated rings. The average molecular weight is 269 g/mol. The van der Waals surface area contributed by atoms with E-state index < -0.39 is 0 Å². The predicted octanol–water partition coefficient (Wildman–Crippen LogP) is 3.79. The van der Waals surface area contributed by atoms with Gasteiger partial charge < -0.3 is 9.64 Å². The maximum Gasteiger partial charge on any atom is 0.333 e. The maximum absolute atomic E-state index is 11.2. The second-order valence-electron chi connectivity index (χ2n) is 5.17. The Morgan fingerprint density at radius 3 is 2.00 bits per heavy atom. The van der Waals surface area contributed by atoms with Crippen molar-refractivity contribution in [3.8, 4) is 0 Å². The lowest BCUT2D eigenvalue weighted by molar-refractivity contribution is -0.139. The molecule has 0 radical (unpaired) electrons. The van der Waals surface area contributed by atoms with Gasteiger partial charge in [0.25, 0.3) is 0 Å². The van der Waals surface area contributed by atoms with Crippen molar-refractivity contribution >= 4 is 5.97 Å². The van der Waals surface area contributed by atoms with Crippen LogP contribution in [0.15, 0.2) is 12.2 Å². The predicted molar refractivity (Wildman–Crippen MR) is 81.3 cm³/mol. The largest absolute Gasteiger partial charge is 0.462 e. The zero-order chi connectivity index (χ0) is 14.5. The summed E-state index contributed by atoms with van der Waals surface area (Å²) < 4.78 is 5.09. The number of ether oxygens (including phenoxy) is 1. The molecule has 0 heterocycles. The Hall–Kier alpha value is -0.830. The van der Waals surface area contributed by atoms with Crippen molar-refractivity contribution in [2.75, 3.05) is 26.2 Å². The van der Waals surface area contributed by atoms with Crippen molar-refractivity contribution in [2.24, 2.45) is 0 Å². The van der Waals surface area contributed by atoms with E-state index in [1.54, 1.807) is 6.92 Å². The average Bonchev–Trinajstić information content (AvgIpc) is 2.40. The minimum absolute atomic E-state index is 0.270. The molecular formula is C16H31NO2. The Labute approximate surface area is 119 Å². The van der Waals surface area contributed by atoms with Gasteiger partial charge in [-0.2, -0.15) is 0 Å². The SMILES string of the molecule is C=C(C)C(=O)OCCCCN(CCCC)CCCC. The molecule has 0 rings (SSSR count). The Balaban J connectivity index is 3.67. The molecule has 19 heavy (non-hydrogen) atoms. The Bertz CT molecular complexity index is 243. The molecule has 3 heteroatoms. The summed E-state index contributed by atoms with van der Waals surface area (Å²) in [5.41, 5.74) is 0.479. The highest BCUT2D eigenvalue weighted by atomic mass is 16.5. The van der Waals surface area contributed by atoms with Crippen molar-refractivity contribution in [2.45, 2.75) is 59.3 Å². The molecule has 0 N–H and O–H groups in total. The summed E-state index contributed by atoms with van der Waals surface area (Å²) in [6, 6.07) is 0. The summed E-state index contributed by atoms with van der Waals surface area (Å²) in [4.78, 5) is 13.7.